The van der Waals surface area contributed by atoms with Gasteiger partial charge in [0.15, 0.2) is 0 Å². The maximum atomic E-state index is 13.4. The van der Waals surface area contributed by atoms with Crippen molar-refractivity contribution in [2.45, 2.75) is 6.92 Å². The van der Waals surface area contributed by atoms with Gasteiger partial charge in [0.05, 0.1) is 7.11 Å². The molecule has 3 rings (SSSR count). The lowest BCUT2D eigenvalue weighted by molar-refractivity contribution is 0.250. The Balaban J connectivity index is 1.65. The van der Waals surface area contributed by atoms with Gasteiger partial charge >= 0.3 is 12.1 Å². The molecule has 3 aromatic rings. The standard InChI is InChI=1S/C24H25FN4O3/c1-17-5-3-6-19(15-17)27-23(30)26-13-14-29(21-11-9-18(25)10-12-21)24(31)28-20-7-4-8-22(16-20)32-2/h3-12,15-16H,13-14H2,1-2H3,(H,28,31)(H2,26,27,30). The predicted octanol–water partition coefficient (Wildman–Crippen LogP) is 5.00. The molecule has 0 aliphatic heterocycles. The molecule has 8 heteroatoms. The summed E-state index contributed by atoms with van der Waals surface area (Å²) in [6.07, 6.45) is 0. The highest BCUT2D eigenvalue weighted by molar-refractivity contribution is 6.02. The van der Waals surface area contributed by atoms with Crippen molar-refractivity contribution in [3.8, 4) is 5.75 Å². The summed E-state index contributed by atoms with van der Waals surface area (Å²) in [6.45, 7) is 2.29. The Morgan fingerprint density at radius 2 is 1.62 bits per heavy atom. The summed E-state index contributed by atoms with van der Waals surface area (Å²) in [6, 6.07) is 19.1. The highest BCUT2D eigenvalue weighted by Crippen LogP contribution is 2.20. The van der Waals surface area contributed by atoms with Crippen LogP contribution in [0.1, 0.15) is 5.56 Å². The molecule has 3 N–H and O–H groups in total. The predicted molar refractivity (Wildman–Crippen MR) is 124 cm³/mol. The van der Waals surface area contributed by atoms with Gasteiger partial charge in [0.25, 0.3) is 0 Å². The molecule has 0 aliphatic rings. The summed E-state index contributed by atoms with van der Waals surface area (Å²) in [4.78, 5) is 26.6. The number of hydrogen-bond donors (Lipinski definition) is 3. The molecule has 7 nitrogen and oxygen atoms in total. The number of ether oxygens (including phenoxy) is 1. The molecule has 0 saturated heterocycles. The average molecular weight is 436 g/mol. The van der Waals surface area contributed by atoms with Crippen molar-refractivity contribution in [3.63, 3.8) is 0 Å². The minimum absolute atomic E-state index is 0.169. The van der Waals surface area contributed by atoms with Crippen LogP contribution in [-0.2, 0) is 0 Å². The maximum absolute atomic E-state index is 13.4. The molecule has 0 spiro atoms. The van der Waals surface area contributed by atoms with E-state index in [9.17, 15) is 14.0 Å². The first-order chi connectivity index (χ1) is 15.4. The number of urea groups is 2. The number of hydrogen-bond acceptors (Lipinski definition) is 3. The second kappa shape index (κ2) is 10.8. The van der Waals surface area contributed by atoms with Crippen LogP contribution in [0.5, 0.6) is 5.75 Å². The SMILES string of the molecule is COc1cccc(NC(=O)N(CCNC(=O)Nc2cccc(C)c2)c2ccc(F)cc2)c1. The second-order valence-electron chi connectivity index (χ2n) is 7.04. The lowest BCUT2D eigenvalue weighted by Gasteiger charge is -2.23. The molecule has 4 amide bonds. The summed E-state index contributed by atoms with van der Waals surface area (Å²) in [5.74, 6) is 0.197. The molecule has 166 valence electrons. The first kappa shape index (κ1) is 22.6. The van der Waals surface area contributed by atoms with E-state index in [2.05, 4.69) is 16.0 Å². The number of amides is 4. The largest absolute Gasteiger partial charge is 0.497 e. The molecule has 0 aliphatic carbocycles. The normalized spacial score (nSPS) is 10.2. The van der Waals surface area contributed by atoms with Gasteiger partial charge in [0.2, 0.25) is 0 Å². The van der Waals surface area contributed by atoms with E-state index in [4.69, 9.17) is 4.74 Å². The van der Waals surface area contributed by atoms with Gasteiger partial charge < -0.3 is 20.7 Å². The number of methoxy groups -OCH3 is 1. The average Bonchev–Trinajstić information content (AvgIpc) is 2.77. The monoisotopic (exact) mass is 436 g/mol. The Kier molecular flexibility index (Phi) is 7.64. The van der Waals surface area contributed by atoms with Gasteiger partial charge in [-0.2, -0.15) is 0 Å². The van der Waals surface area contributed by atoms with Crippen LogP contribution in [0.3, 0.4) is 0 Å². The fourth-order valence-electron chi connectivity index (χ4n) is 3.04. The highest BCUT2D eigenvalue weighted by Gasteiger charge is 2.17. The number of nitrogens with one attached hydrogen (secondary N) is 3. The van der Waals surface area contributed by atoms with Crippen molar-refractivity contribution in [2.75, 3.05) is 35.7 Å². The van der Waals surface area contributed by atoms with Crippen LogP contribution >= 0.6 is 0 Å². The van der Waals surface area contributed by atoms with E-state index in [1.54, 1.807) is 37.4 Å². The lowest BCUT2D eigenvalue weighted by atomic mass is 10.2. The Morgan fingerprint density at radius 1 is 0.938 bits per heavy atom. The van der Waals surface area contributed by atoms with Gasteiger partial charge in [-0.15, -0.1) is 0 Å². The molecule has 32 heavy (non-hydrogen) atoms. The van der Waals surface area contributed by atoms with Crippen molar-refractivity contribution < 1.29 is 18.7 Å². The number of anilines is 3. The third-order valence-electron chi connectivity index (χ3n) is 4.60. The molecule has 0 fully saturated rings. The molecular formula is C24H25FN4O3. The van der Waals surface area contributed by atoms with Crippen LogP contribution in [0.2, 0.25) is 0 Å². The van der Waals surface area contributed by atoms with E-state index in [0.717, 1.165) is 5.56 Å². The Hall–Kier alpha value is -4.07. The van der Waals surface area contributed by atoms with E-state index in [1.807, 2.05) is 25.1 Å². The molecule has 0 heterocycles. The summed E-state index contributed by atoms with van der Waals surface area (Å²) in [5, 5.41) is 8.29. The van der Waals surface area contributed by atoms with Crippen LogP contribution in [-0.4, -0.2) is 32.3 Å². The summed E-state index contributed by atoms with van der Waals surface area (Å²) < 4.78 is 18.6. The quantitative estimate of drug-likeness (QED) is 0.487. The van der Waals surface area contributed by atoms with Gasteiger partial charge in [-0.1, -0.05) is 18.2 Å². The summed E-state index contributed by atoms with van der Waals surface area (Å²) in [5.41, 5.74) is 2.74. The van der Waals surface area contributed by atoms with E-state index < -0.39 is 11.8 Å². The number of rotatable bonds is 7. The molecule has 0 unspecified atom stereocenters. The number of carbonyl (C=O) groups excluding carboxylic acids is 2. The minimum Gasteiger partial charge on any atom is -0.497 e. The minimum atomic E-state index is -0.425. The summed E-state index contributed by atoms with van der Waals surface area (Å²) in [7, 11) is 1.54. The number of nitrogens with zero attached hydrogens (tertiary/aromatic N) is 1. The van der Waals surface area contributed by atoms with Crippen molar-refractivity contribution in [1.82, 2.24) is 5.32 Å². The molecule has 0 bridgehead atoms. The first-order valence-electron chi connectivity index (χ1n) is 10.0. The number of carbonyl (C=O) groups is 2. The van der Waals surface area contributed by atoms with Gasteiger partial charge in [0.1, 0.15) is 11.6 Å². The molecule has 0 atom stereocenters. The zero-order chi connectivity index (χ0) is 22.9. The van der Waals surface area contributed by atoms with E-state index >= 15 is 0 Å². The van der Waals surface area contributed by atoms with Crippen LogP contribution < -0.4 is 25.6 Å². The van der Waals surface area contributed by atoms with Crippen molar-refractivity contribution in [2.24, 2.45) is 0 Å². The van der Waals surface area contributed by atoms with E-state index in [0.29, 0.717) is 22.8 Å². The van der Waals surface area contributed by atoms with Gasteiger partial charge in [-0.25, -0.2) is 14.0 Å². The third kappa shape index (κ3) is 6.46. The first-order valence-corrected chi connectivity index (χ1v) is 10.0. The molecule has 3 aromatic carbocycles. The number of halogens is 1. The highest BCUT2D eigenvalue weighted by atomic mass is 19.1. The molecular weight excluding hydrogens is 411 g/mol. The molecule has 0 radical (unpaired) electrons. The second-order valence-corrected chi connectivity index (χ2v) is 7.04. The topological polar surface area (TPSA) is 82.7 Å². The van der Waals surface area contributed by atoms with Crippen LogP contribution in [0.25, 0.3) is 0 Å². The Labute approximate surface area is 186 Å². The number of aryl methyl sites for hydroxylation is 1. The number of benzene rings is 3. The van der Waals surface area contributed by atoms with Crippen LogP contribution in [0, 0.1) is 12.7 Å². The van der Waals surface area contributed by atoms with Crippen molar-refractivity contribution >= 4 is 29.1 Å². The van der Waals surface area contributed by atoms with Crippen LogP contribution in [0.4, 0.5) is 31.0 Å². The van der Waals surface area contributed by atoms with Gasteiger partial charge in [-0.3, -0.25) is 4.90 Å². The maximum Gasteiger partial charge on any atom is 0.326 e. The van der Waals surface area contributed by atoms with Gasteiger partial charge in [0, 0.05) is 36.2 Å². The Bertz CT molecular complexity index is 1070. The van der Waals surface area contributed by atoms with Crippen molar-refractivity contribution in [1.29, 1.82) is 0 Å². The molecule has 0 saturated carbocycles. The fourth-order valence-corrected chi connectivity index (χ4v) is 3.04. The zero-order valence-electron chi connectivity index (χ0n) is 17.9. The Morgan fingerprint density at radius 3 is 2.31 bits per heavy atom. The smallest absolute Gasteiger partial charge is 0.326 e. The third-order valence-corrected chi connectivity index (χ3v) is 4.60. The van der Waals surface area contributed by atoms with Crippen LogP contribution in [0.15, 0.2) is 72.8 Å². The fraction of sp³-hybridized carbons (Fsp3) is 0.167. The van der Waals surface area contributed by atoms with E-state index in [1.165, 1.54) is 29.2 Å². The summed E-state index contributed by atoms with van der Waals surface area (Å²) >= 11 is 0. The lowest BCUT2D eigenvalue weighted by Crippen LogP contribution is -2.42. The van der Waals surface area contributed by atoms with E-state index in [-0.39, 0.29) is 19.1 Å². The zero-order valence-corrected chi connectivity index (χ0v) is 17.9. The van der Waals surface area contributed by atoms with Crippen molar-refractivity contribution in [3.05, 3.63) is 84.2 Å². The molecule has 0 aromatic heterocycles. The van der Waals surface area contributed by atoms with Gasteiger partial charge in [-0.05, 0) is 61.0 Å².